The van der Waals surface area contributed by atoms with Gasteiger partial charge in [0.15, 0.2) is 0 Å². The van der Waals surface area contributed by atoms with Crippen molar-refractivity contribution in [1.82, 2.24) is 0 Å². The van der Waals surface area contributed by atoms with Crippen LogP contribution in [0.5, 0.6) is 0 Å². The molecule has 0 bridgehead atoms. The fourth-order valence-electron chi connectivity index (χ4n) is 3.38. The molecule has 0 spiro atoms. The summed E-state index contributed by atoms with van der Waals surface area (Å²) in [6, 6.07) is 4.60. The van der Waals surface area contributed by atoms with Crippen molar-refractivity contribution in [2.75, 3.05) is 0 Å². The Morgan fingerprint density at radius 2 is 1.39 bits per heavy atom. The number of Topliss-reactive ketones (excluding diaryl/α,β-unsaturated/α-hetero) is 2. The zero-order chi connectivity index (χ0) is 21.0. The standard InChI is InChI=1S/C10H8BrFO.C10H9FO.BHNS/c1-5-7-2-6(13)3-8(7)10(12)4-9(5)11;1-6-2-3-10(11)9-5-7(12)4-8(6)9;1-2-3/h4H,2-3H2,1H3;2-3H,4-5H2,1H3;3H. The van der Waals surface area contributed by atoms with Crippen molar-refractivity contribution in [2.24, 2.45) is 4.30 Å². The number of carbonyl (C=O) groups is 2. The normalized spacial score (nSPS) is 13.8. The predicted molar refractivity (Wildman–Crippen MR) is 112 cm³/mol. The summed E-state index contributed by atoms with van der Waals surface area (Å²) in [7, 11) is 4.34. The van der Waals surface area contributed by atoms with E-state index < -0.39 is 0 Å². The number of fused-ring (bicyclic) bond motifs is 2. The molecule has 2 aromatic carbocycles. The van der Waals surface area contributed by atoms with Crippen LogP contribution in [0.1, 0.15) is 33.4 Å². The number of carbonyl (C=O) groups excluding carboxylic acids is 2. The van der Waals surface area contributed by atoms with Crippen LogP contribution in [-0.4, -0.2) is 19.2 Å². The number of aryl methyl sites for hydroxylation is 1. The molecule has 0 atom stereocenters. The zero-order valence-electron chi connectivity index (χ0n) is 15.5. The van der Waals surface area contributed by atoms with Crippen LogP contribution in [-0.2, 0) is 35.3 Å². The topological polar surface area (TPSA) is 46.5 Å². The fourth-order valence-corrected chi connectivity index (χ4v) is 3.82. The molecule has 2 aromatic rings. The summed E-state index contributed by atoms with van der Waals surface area (Å²) in [6.45, 7) is 3.82. The van der Waals surface area contributed by atoms with Gasteiger partial charge >= 0.3 is 24.8 Å². The van der Waals surface area contributed by atoms with Crippen LogP contribution in [0.4, 0.5) is 8.78 Å². The third-order valence-electron chi connectivity index (χ3n) is 4.82. The van der Waals surface area contributed by atoms with Crippen molar-refractivity contribution < 1.29 is 18.4 Å². The van der Waals surface area contributed by atoms with Gasteiger partial charge in [0, 0.05) is 30.2 Å². The molecule has 0 aromatic heterocycles. The molecule has 0 saturated carbocycles. The van der Waals surface area contributed by atoms with Gasteiger partial charge in [-0.05, 0) is 59.4 Å². The first-order valence-electron chi connectivity index (χ1n) is 8.50. The summed E-state index contributed by atoms with van der Waals surface area (Å²) in [5, 5.41) is 0. The van der Waals surface area contributed by atoms with Gasteiger partial charge in [-0.2, -0.15) is 0 Å². The van der Waals surface area contributed by atoms with Crippen LogP contribution in [0.15, 0.2) is 27.0 Å². The molecule has 0 heterocycles. The van der Waals surface area contributed by atoms with Crippen molar-refractivity contribution >= 4 is 47.9 Å². The minimum absolute atomic E-state index is 0.107. The first kappa shape index (κ1) is 22.6. The maximum absolute atomic E-state index is 13.3. The number of hydrogen-bond acceptors (Lipinski definition) is 4. The second-order valence-corrected chi connectivity index (χ2v) is 7.73. The Morgan fingerprint density at radius 3 is 1.93 bits per heavy atom. The molecular weight excluding hydrogens is 447 g/mol. The van der Waals surface area contributed by atoms with Crippen LogP contribution in [0.2, 0.25) is 0 Å². The van der Waals surface area contributed by atoms with Crippen molar-refractivity contribution in [1.29, 1.82) is 0 Å². The van der Waals surface area contributed by atoms with E-state index in [1.807, 2.05) is 13.8 Å². The predicted octanol–water partition coefficient (Wildman–Crippen LogP) is 4.55. The molecule has 2 aliphatic rings. The van der Waals surface area contributed by atoms with Crippen molar-refractivity contribution in [3.63, 3.8) is 0 Å². The molecule has 1 radical (unpaired) electrons. The summed E-state index contributed by atoms with van der Waals surface area (Å²) < 4.78 is 29.9. The molecular formula is C20H18BBrF2NO2S. The quantitative estimate of drug-likeness (QED) is 0.459. The number of thiol groups is 1. The summed E-state index contributed by atoms with van der Waals surface area (Å²) in [6.07, 6.45) is 1.34. The van der Waals surface area contributed by atoms with Gasteiger partial charge in [-0.25, -0.2) is 8.78 Å². The molecule has 8 heteroatoms. The summed E-state index contributed by atoms with van der Waals surface area (Å²) in [5.41, 5.74) is 4.99. The molecule has 0 amide bonds. The second kappa shape index (κ2) is 9.70. The van der Waals surface area contributed by atoms with E-state index in [-0.39, 0.29) is 36.0 Å². The van der Waals surface area contributed by atoms with E-state index in [4.69, 9.17) is 0 Å². The van der Waals surface area contributed by atoms with E-state index in [0.29, 0.717) is 24.0 Å². The molecule has 0 aliphatic heterocycles. The van der Waals surface area contributed by atoms with Crippen LogP contribution < -0.4 is 0 Å². The molecule has 28 heavy (non-hydrogen) atoms. The van der Waals surface area contributed by atoms with Crippen LogP contribution >= 0.6 is 28.7 Å². The fraction of sp³-hybridized carbons (Fsp3) is 0.300. The Kier molecular flexibility index (Phi) is 7.83. The third-order valence-corrected chi connectivity index (χ3v) is 5.64. The number of halogens is 3. The van der Waals surface area contributed by atoms with Gasteiger partial charge in [-0.3, -0.25) is 9.59 Å². The number of ketones is 2. The van der Waals surface area contributed by atoms with Crippen molar-refractivity contribution in [2.45, 2.75) is 39.5 Å². The molecule has 2 aliphatic carbocycles. The first-order valence-corrected chi connectivity index (χ1v) is 9.69. The molecule has 0 saturated heterocycles. The van der Waals surface area contributed by atoms with E-state index in [1.165, 1.54) is 12.1 Å². The molecule has 145 valence electrons. The van der Waals surface area contributed by atoms with Crippen LogP contribution in [0, 0.1) is 25.5 Å². The molecule has 0 unspecified atom stereocenters. The van der Waals surface area contributed by atoms with Crippen molar-refractivity contribution in [3.8, 4) is 0 Å². The average Bonchev–Trinajstić information content (AvgIpc) is 3.22. The number of rotatable bonds is 0. The first-order chi connectivity index (χ1) is 13.2. The number of hydrogen-bond donors (Lipinski definition) is 1. The van der Waals surface area contributed by atoms with Gasteiger partial charge in [0.1, 0.15) is 23.2 Å². The monoisotopic (exact) mass is 464 g/mol. The Labute approximate surface area is 177 Å². The minimum atomic E-state index is -0.265. The Hall–Kier alpha value is -1.67. The molecule has 3 nitrogen and oxygen atoms in total. The number of benzene rings is 2. The second-order valence-electron chi connectivity index (χ2n) is 6.64. The Balaban J connectivity index is 0.000000176. The van der Waals surface area contributed by atoms with Gasteiger partial charge in [0.2, 0.25) is 0 Å². The van der Waals surface area contributed by atoms with E-state index in [9.17, 15) is 18.4 Å². The van der Waals surface area contributed by atoms with Gasteiger partial charge in [-0.1, -0.05) is 22.0 Å². The van der Waals surface area contributed by atoms with Crippen molar-refractivity contribution in [3.05, 3.63) is 67.7 Å². The number of nitrogens with zero attached hydrogens (tertiary/aromatic N) is 1. The third kappa shape index (κ3) is 5.03. The summed E-state index contributed by atoms with van der Waals surface area (Å²) in [4.78, 5) is 22.2. The average molecular weight is 465 g/mol. The zero-order valence-corrected chi connectivity index (χ0v) is 18.0. The maximum atomic E-state index is 13.3. The van der Waals surface area contributed by atoms with E-state index in [2.05, 4.69) is 40.7 Å². The Morgan fingerprint density at radius 1 is 0.929 bits per heavy atom. The van der Waals surface area contributed by atoms with Gasteiger partial charge in [0.25, 0.3) is 0 Å². The Bertz CT molecular complexity index is 933. The summed E-state index contributed by atoms with van der Waals surface area (Å²) in [5.74, 6) is -0.270. The summed E-state index contributed by atoms with van der Waals surface area (Å²) >= 11 is 6.46. The van der Waals surface area contributed by atoms with Crippen LogP contribution in [0.3, 0.4) is 0 Å². The van der Waals surface area contributed by atoms with E-state index >= 15 is 0 Å². The van der Waals surface area contributed by atoms with Crippen LogP contribution in [0.25, 0.3) is 0 Å². The molecule has 4 rings (SSSR count). The molecule has 0 N–H and O–H groups in total. The van der Waals surface area contributed by atoms with Gasteiger partial charge in [0.05, 0.1) is 0 Å². The van der Waals surface area contributed by atoms with Gasteiger partial charge in [-0.15, -0.1) is 0 Å². The van der Waals surface area contributed by atoms with Gasteiger partial charge < -0.3 is 0 Å². The molecule has 0 fully saturated rings. The SMILES string of the molecule is Cc1c(Br)cc(F)c2c1CC(=O)C2.Cc1ccc(F)c2c1CC(=O)C2.[B]=NS. The van der Waals surface area contributed by atoms with E-state index in [0.717, 1.165) is 26.7 Å². The van der Waals surface area contributed by atoms with E-state index in [1.54, 1.807) is 6.07 Å².